The van der Waals surface area contributed by atoms with Gasteiger partial charge in [-0.05, 0) is 18.6 Å². The third-order valence-corrected chi connectivity index (χ3v) is 5.51. The Balaban J connectivity index is 2.23. The van der Waals surface area contributed by atoms with Crippen LogP contribution in [0.1, 0.15) is 6.42 Å². The summed E-state index contributed by atoms with van der Waals surface area (Å²) in [6.07, 6.45) is -3.84. The van der Waals surface area contributed by atoms with E-state index in [1.54, 1.807) is 0 Å². The van der Waals surface area contributed by atoms with E-state index in [0.717, 1.165) is 0 Å². The number of nitrogens with zero attached hydrogens (tertiary/aromatic N) is 1. The lowest BCUT2D eigenvalue weighted by molar-refractivity contribution is -0.105. The van der Waals surface area contributed by atoms with Gasteiger partial charge in [-0.15, -0.1) is 35.0 Å². The third kappa shape index (κ3) is 4.74. The highest BCUT2D eigenvalue weighted by Gasteiger charge is 2.54. The van der Waals surface area contributed by atoms with Crippen LogP contribution in [0.2, 0.25) is 10.0 Å². The minimum Gasteiger partial charge on any atom is -0.387 e. The van der Waals surface area contributed by atoms with Gasteiger partial charge in [0.2, 0.25) is 0 Å². The van der Waals surface area contributed by atoms with Crippen molar-refractivity contribution in [3.8, 4) is 0 Å². The number of benzene rings is 1. The second-order valence-corrected chi connectivity index (χ2v) is 8.07. The molecule has 0 spiro atoms. The van der Waals surface area contributed by atoms with Crippen LogP contribution in [0.3, 0.4) is 0 Å². The lowest BCUT2D eigenvalue weighted by Gasteiger charge is -2.10. The molecule has 1 atom stereocenters. The van der Waals surface area contributed by atoms with E-state index in [0.29, 0.717) is 18.2 Å². The molecule has 2 nitrogen and oxygen atoms in total. The zero-order valence-electron chi connectivity index (χ0n) is 10.7. The average Bonchev–Trinajstić information content (AvgIpc) is 2.99. The maximum Gasteiger partial charge on any atom is 0.398 e. The Morgan fingerprint density at radius 2 is 1.91 bits per heavy atom. The summed E-state index contributed by atoms with van der Waals surface area (Å²) in [6, 6.07) is 2.69. The predicted octanol–water partition coefficient (Wildman–Crippen LogP) is 5.83. The molecule has 1 aromatic rings. The van der Waals surface area contributed by atoms with Gasteiger partial charge in [-0.25, -0.2) is 4.99 Å². The Morgan fingerprint density at radius 1 is 1.32 bits per heavy atom. The molecule has 0 heterocycles. The fraction of sp³-hybridized carbons (Fsp3) is 0.417. The first-order valence-corrected chi connectivity index (χ1v) is 8.40. The van der Waals surface area contributed by atoms with Gasteiger partial charge in [0.15, 0.2) is 0 Å². The molecule has 22 heavy (non-hydrogen) atoms. The Hall–Kier alpha value is -0.0100. The zero-order valence-corrected chi connectivity index (χ0v) is 14.6. The topological polar surface area (TPSA) is 38.4 Å². The lowest BCUT2D eigenvalue weighted by atomic mass is 10.3. The van der Waals surface area contributed by atoms with Gasteiger partial charge >= 0.3 is 6.18 Å². The van der Waals surface area contributed by atoms with Gasteiger partial charge in [0, 0.05) is 4.90 Å². The summed E-state index contributed by atoms with van der Waals surface area (Å²) in [7, 11) is 0. The summed E-state index contributed by atoms with van der Waals surface area (Å²) in [4.78, 5) is 4.32. The van der Waals surface area contributed by atoms with Crippen LogP contribution in [-0.2, 0) is 0 Å². The highest BCUT2D eigenvalue weighted by molar-refractivity contribution is 7.99. The SMILES string of the molecule is N/C(=N\c1cc(SCC(F)(F)F)c(Cl)cc1Cl)C1CC1(Cl)Cl. The number of halogens is 7. The van der Waals surface area contributed by atoms with Crippen molar-refractivity contribution in [1.82, 2.24) is 0 Å². The molecule has 1 saturated carbocycles. The minimum absolute atomic E-state index is 0.118. The quantitative estimate of drug-likeness (QED) is 0.293. The second kappa shape index (κ2) is 6.48. The molecule has 2 rings (SSSR count). The van der Waals surface area contributed by atoms with E-state index < -0.39 is 16.3 Å². The number of nitrogens with two attached hydrogens (primary N) is 1. The highest BCUT2D eigenvalue weighted by atomic mass is 35.5. The Morgan fingerprint density at radius 3 is 2.41 bits per heavy atom. The standard InChI is InChI=1S/C12H9Cl4F3N2S/c13-6-1-7(14)9(22-4-12(17,18)19)2-8(6)21-10(20)5-3-11(5,15)16/h1-2,5H,3-4H2,(H2,20,21). The van der Waals surface area contributed by atoms with Gasteiger partial charge in [-0.2, -0.15) is 13.2 Å². The van der Waals surface area contributed by atoms with Crippen LogP contribution in [0, 0.1) is 5.92 Å². The molecule has 0 bridgehead atoms. The van der Waals surface area contributed by atoms with Crippen molar-refractivity contribution in [3.63, 3.8) is 0 Å². The van der Waals surface area contributed by atoms with Gasteiger partial charge in [0.1, 0.15) is 10.2 Å². The van der Waals surface area contributed by atoms with Crippen molar-refractivity contribution < 1.29 is 13.2 Å². The van der Waals surface area contributed by atoms with E-state index >= 15 is 0 Å². The van der Waals surface area contributed by atoms with Crippen molar-refractivity contribution in [2.75, 3.05) is 5.75 Å². The van der Waals surface area contributed by atoms with E-state index in [-0.39, 0.29) is 32.4 Å². The predicted molar refractivity (Wildman–Crippen MR) is 87.1 cm³/mol. The lowest BCUT2D eigenvalue weighted by Crippen LogP contribution is -2.17. The van der Waals surface area contributed by atoms with Crippen molar-refractivity contribution in [2.45, 2.75) is 21.8 Å². The van der Waals surface area contributed by atoms with Gasteiger partial charge in [0.05, 0.1) is 27.4 Å². The molecule has 1 aromatic carbocycles. The highest BCUT2D eigenvalue weighted by Crippen LogP contribution is 2.53. The van der Waals surface area contributed by atoms with Crippen molar-refractivity contribution in [1.29, 1.82) is 0 Å². The molecule has 0 radical (unpaired) electrons. The van der Waals surface area contributed by atoms with Crippen LogP contribution in [0.5, 0.6) is 0 Å². The Labute approximate surface area is 149 Å². The van der Waals surface area contributed by atoms with Gasteiger partial charge in [-0.3, -0.25) is 0 Å². The summed E-state index contributed by atoms with van der Waals surface area (Å²) < 4.78 is 35.9. The van der Waals surface area contributed by atoms with Gasteiger partial charge in [-0.1, -0.05) is 23.2 Å². The van der Waals surface area contributed by atoms with Crippen molar-refractivity contribution >= 4 is 69.7 Å². The first-order valence-electron chi connectivity index (χ1n) is 5.90. The third-order valence-electron chi connectivity index (χ3n) is 2.83. The van der Waals surface area contributed by atoms with Crippen LogP contribution in [0.15, 0.2) is 22.0 Å². The molecule has 0 aromatic heterocycles. The molecule has 10 heteroatoms. The van der Waals surface area contributed by atoms with Crippen LogP contribution in [0.4, 0.5) is 18.9 Å². The van der Waals surface area contributed by atoms with Crippen molar-refractivity contribution in [2.24, 2.45) is 16.6 Å². The summed E-state index contributed by atoms with van der Waals surface area (Å²) in [5.41, 5.74) is 6.02. The normalized spacial score (nSPS) is 21.0. The molecule has 1 aliphatic rings. The van der Waals surface area contributed by atoms with E-state index in [1.807, 2.05) is 0 Å². The molecule has 0 aliphatic heterocycles. The minimum atomic E-state index is -4.30. The maximum atomic E-state index is 12.3. The summed E-state index contributed by atoms with van der Waals surface area (Å²) in [5, 5.41) is 0.298. The number of hydrogen-bond donors (Lipinski definition) is 1. The summed E-state index contributed by atoms with van der Waals surface area (Å²) in [5.74, 6) is -1.18. The van der Waals surface area contributed by atoms with Crippen LogP contribution in [-0.4, -0.2) is 22.1 Å². The maximum absolute atomic E-state index is 12.3. The first-order chi connectivity index (χ1) is 9.99. The molecule has 1 unspecified atom stereocenters. The Bertz CT molecular complexity index is 619. The molecule has 0 amide bonds. The van der Waals surface area contributed by atoms with Gasteiger partial charge < -0.3 is 5.73 Å². The van der Waals surface area contributed by atoms with E-state index in [1.165, 1.54) is 12.1 Å². The molecule has 1 aliphatic carbocycles. The van der Waals surface area contributed by atoms with E-state index in [9.17, 15) is 13.2 Å². The molecule has 2 N–H and O–H groups in total. The molecule has 1 fully saturated rings. The first kappa shape index (κ1) is 18.3. The van der Waals surface area contributed by atoms with Crippen molar-refractivity contribution in [3.05, 3.63) is 22.2 Å². The van der Waals surface area contributed by atoms with E-state index in [2.05, 4.69) is 4.99 Å². The summed E-state index contributed by atoms with van der Waals surface area (Å²) in [6.45, 7) is 0. The number of hydrogen-bond acceptors (Lipinski definition) is 2. The second-order valence-electron chi connectivity index (χ2n) is 4.69. The number of amidine groups is 1. The van der Waals surface area contributed by atoms with Crippen LogP contribution in [0.25, 0.3) is 0 Å². The molecular weight excluding hydrogens is 403 g/mol. The number of rotatable bonds is 4. The zero-order chi connectivity index (χ0) is 16.7. The average molecular weight is 412 g/mol. The van der Waals surface area contributed by atoms with E-state index in [4.69, 9.17) is 52.1 Å². The van der Waals surface area contributed by atoms with Crippen LogP contribution >= 0.6 is 58.2 Å². The fourth-order valence-corrected chi connectivity index (χ4v) is 3.46. The number of alkyl halides is 5. The number of aliphatic imine (C=N–C) groups is 1. The molecular formula is C12H9Cl4F3N2S. The molecule has 0 saturated heterocycles. The summed E-state index contributed by atoms with van der Waals surface area (Å²) >= 11 is 24.2. The van der Waals surface area contributed by atoms with Crippen LogP contribution < -0.4 is 5.73 Å². The number of thioether (sulfide) groups is 1. The Kier molecular flexibility index (Phi) is 5.40. The monoisotopic (exact) mass is 410 g/mol. The molecule has 122 valence electrons. The fourth-order valence-electron chi connectivity index (χ4n) is 1.63. The smallest absolute Gasteiger partial charge is 0.387 e. The largest absolute Gasteiger partial charge is 0.398 e. The van der Waals surface area contributed by atoms with Gasteiger partial charge in [0.25, 0.3) is 0 Å².